The van der Waals surface area contributed by atoms with Crippen molar-refractivity contribution in [2.24, 2.45) is 11.3 Å². The van der Waals surface area contributed by atoms with E-state index in [1.54, 1.807) is 7.11 Å². The summed E-state index contributed by atoms with van der Waals surface area (Å²) in [5, 5.41) is 9.04. The first kappa shape index (κ1) is 16.5. The molecule has 132 valence electrons. The highest BCUT2D eigenvalue weighted by Gasteiger charge is 2.57. The van der Waals surface area contributed by atoms with Crippen LogP contribution in [0.3, 0.4) is 0 Å². The van der Waals surface area contributed by atoms with Gasteiger partial charge in [0, 0.05) is 16.9 Å². The fraction of sp³-hybridized carbons (Fsp3) is 0.474. The highest BCUT2D eigenvalue weighted by molar-refractivity contribution is 7.14. The van der Waals surface area contributed by atoms with Gasteiger partial charge in [0.25, 0.3) is 0 Å². The number of hydrogen-bond acceptors (Lipinski definition) is 5. The van der Waals surface area contributed by atoms with Crippen LogP contribution in [0.2, 0.25) is 0 Å². The summed E-state index contributed by atoms with van der Waals surface area (Å²) < 4.78 is 5.44. The van der Waals surface area contributed by atoms with E-state index in [-0.39, 0.29) is 17.2 Å². The number of rotatable bonds is 4. The molecule has 0 bridgehead atoms. The second-order valence-electron chi connectivity index (χ2n) is 7.10. The molecule has 1 aromatic heterocycles. The molecule has 1 unspecified atom stereocenters. The molecule has 1 spiro atoms. The number of benzene rings is 1. The lowest BCUT2D eigenvalue weighted by atomic mass is 9.92. The molecule has 2 heterocycles. The molecule has 2 aromatic rings. The Balaban J connectivity index is 1.47. The molecule has 2 aliphatic rings. The molecule has 6 heteroatoms. The van der Waals surface area contributed by atoms with Crippen LogP contribution in [0.4, 0.5) is 5.13 Å². The molecule has 1 atom stereocenters. The zero-order chi connectivity index (χ0) is 17.4. The Hall–Kier alpha value is -1.92. The van der Waals surface area contributed by atoms with Crippen LogP contribution >= 0.6 is 11.3 Å². The third-order valence-electron chi connectivity index (χ3n) is 5.47. The summed E-state index contributed by atoms with van der Waals surface area (Å²) in [6, 6.07) is 6.03. The van der Waals surface area contributed by atoms with Crippen molar-refractivity contribution in [2.75, 3.05) is 25.5 Å². The summed E-state index contributed by atoms with van der Waals surface area (Å²) >= 11 is 1.47. The van der Waals surface area contributed by atoms with E-state index in [0.29, 0.717) is 5.13 Å². The smallest absolute Gasteiger partial charge is 0.229 e. The lowest BCUT2D eigenvalue weighted by molar-refractivity contribution is -0.118. The highest BCUT2D eigenvalue weighted by atomic mass is 32.1. The van der Waals surface area contributed by atoms with Crippen LogP contribution in [0.15, 0.2) is 23.6 Å². The van der Waals surface area contributed by atoms with Crippen molar-refractivity contribution >= 4 is 22.4 Å². The fourth-order valence-electron chi connectivity index (χ4n) is 3.87. The van der Waals surface area contributed by atoms with Gasteiger partial charge in [-0.25, -0.2) is 4.98 Å². The van der Waals surface area contributed by atoms with Crippen molar-refractivity contribution in [3.05, 3.63) is 29.1 Å². The molecule has 25 heavy (non-hydrogen) atoms. The van der Waals surface area contributed by atoms with E-state index in [1.165, 1.54) is 11.3 Å². The van der Waals surface area contributed by atoms with Gasteiger partial charge in [-0.2, -0.15) is 0 Å². The van der Waals surface area contributed by atoms with Gasteiger partial charge in [0.05, 0.1) is 12.8 Å². The van der Waals surface area contributed by atoms with Gasteiger partial charge in [0.1, 0.15) is 5.75 Å². The highest BCUT2D eigenvalue weighted by Crippen LogP contribution is 2.58. The van der Waals surface area contributed by atoms with Gasteiger partial charge in [0.2, 0.25) is 5.91 Å². The molecule has 0 radical (unpaired) electrons. The van der Waals surface area contributed by atoms with Crippen LogP contribution in [0.1, 0.15) is 24.8 Å². The Bertz CT molecular complexity index is 796. The van der Waals surface area contributed by atoms with Gasteiger partial charge in [-0.15, -0.1) is 11.3 Å². The summed E-state index contributed by atoms with van der Waals surface area (Å²) in [7, 11) is 1.66. The predicted molar refractivity (Wildman–Crippen MR) is 100 cm³/mol. The summed E-state index contributed by atoms with van der Waals surface area (Å²) in [5.41, 5.74) is 3.20. The number of amides is 1. The van der Waals surface area contributed by atoms with Crippen molar-refractivity contribution in [3.8, 4) is 17.0 Å². The minimum absolute atomic E-state index is 0.124. The zero-order valence-electron chi connectivity index (χ0n) is 14.6. The number of anilines is 1. The standard InChI is InChI=1S/C19H23N3O2S/c1-12-3-4-16(24-2)13(9-12)15-11-25-18(21-15)22-17(23)14-10-19(14)5-7-20-8-6-19/h3-4,9,11,14,20H,5-8,10H2,1-2H3,(H,21,22,23). The second-order valence-corrected chi connectivity index (χ2v) is 7.96. The molecule has 2 fully saturated rings. The number of nitrogens with zero attached hydrogens (tertiary/aromatic N) is 1. The van der Waals surface area contributed by atoms with Crippen LogP contribution in [0, 0.1) is 18.3 Å². The van der Waals surface area contributed by atoms with Crippen molar-refractivity contribution in [1.29, 1.82) is 0 Å². The average molecular weight is 357 g/mol. The average Bonchev–Trinajstić information content (AvgIpc) is 3.11. The Morgan fingerprint density at radius 1 is 1.40 bits per heavy atom. The van der Waals surface area contributed by atoms with E-state index in [0.717, 1.165) is 54.9 Å². The number of piperidine rings is 1. The molecule has 1 aliphatic carbocycles. The van der Waals surface area contributed by atoms with Crippen LogP contribution < -0.4 is 15.4 Å². The number of carbonyl (C=O) groups is 1. The number of methoxy groups -OCH3 is 1. The maximum absolute atomic E-state index is 12.6. The lowest BCUT2D eigenvalue weighted by Crippen LogP contribution is -2.31. The Kier molecular flexibility index (Phi) is 4.25. The molecular formula is C19H23N3O2S. The van der Waals surface area contributed by atoms with Crippen LogP contribution in [0.25, 0.3) is 11.3 Å². The number of aryl methyl sites for hydroxylation is 1. The molecule has 1 amide bonds. The van der Waals surface area contributed by atoms with E-state index < -0.39 is 0 Å². The van der Waals surface area contributed by atoms with E-state index >= 15 is 0 Å². The van der Waals surface area contributed by atoms with Crippen molar-refractivity contribution in [2.45, 2.75) is 26.2 Å². The summed E-state index contributed by atoms with van der Waals surface area (Å²) in [6.07, 6.45) is 3.23. The fourth-order valence-corrected chi connectivity index (χ4v) is 4.58. The van der Waals surface area contributed by atoms with Crippen LogP contribution in [-0.2, 0) is 4.79 Å². The first-order valence-electron chi connectivity index (χ1n) is 8.73. The predicted octanol–water partition coefficient (Wildman–Crippen LogP) is 3.46. The second kappa shape index (κ2) is 6.42. The molecule has 4 rings (SSSR count). The van der Waals surface area contributed by atoms with Crippen molar-refractivity contribution < 1.29 is 9.53 Å². The number of ether oxygens (including phenoxy) is 1. The number of thiazole rings is 1. The number of carbonyl (C=O) groups excluding carboxylic acids is 1. The first-order valence-corrected chi connectivity index (χ1v) is 9.61. The normalized spacial score (nSPS) is 21.1. The van der Waals surface area contributed by atoms with E-state index in [4.69, 9.17) is 4.74 Å². The molecule has 2 N–H and O–H groups in total. The maximum atomic E-state index is 12.6. The van der Waals surface area contributed by atoms with Gasteiger partial charge in [0.15, 0.2) is 5.13 Å². The minimum atomic E-state index is 0.124. The topological polar surface area (TPSA) is 63.2 Å². The van der Waals surface area contributed by atoms with Gasteiger partial charge < -0.3 is 15.4 Å². The molecular weight excluding hydrogens is 334 g/mol. The molecule has 1 saturated carbocycles. The monoisotopic (exact) mass is 357 g/mol. The minimum Gasteiger partial charge on any atom is -0.496 e. The maximum Gasteiger partial charge on any atom is 0.229 e. The Morgan fingerprint density at radius 3 is 2.96 bits per heavy atom. The third-order valence-corrected chi connectivity index (χ3v) is 6.23. The van der Waals surface area contributed by atoms with E-state index in [2.05, 4.69) is 21.7 Å². The summed E-state index contributed by atoms with van der Waals surface area (Å²) in [6.45, 7) is 4.10. The quantitative estimate of drug-likeness (QED) is 0.880. The summed E-state index contributed by atoms with van der Waals surface area (Å²) in [5.74, 6) is 1.07. The molecule has 1 aliphatic heterocycles. The van der Waals surface area contributed by atoms with E-state index in [1.807, 2.05) is 24.4 Å². The number of hydrogen-bond donors (Lipinski definition) is 2. The van der Waals surface area contributed by atoms with Crippen LogP contribution in [-0.4, -0.2) is 31.1 Å². The Morgan fingerprint density at radius 2 is 2.20 bits per heavy atom. The Labute approximate surface area is 151 Å². The molecule has 5 nitrogen and oxygen atoms in total. The molecule has 1 saturated heterocycles. The summed E-state index contributed by atoms with van der Waals surface area (Å²) in [4.78, 5) is 17.2. The van der Waals surface area contributed by atoms with E-state index in [9.17, 15) is 4.79 Å². The third kappa shape index (κ3) is 3.16. The first-order chi connectivity index (χ1) is 12.1. The zero-order valence-corrected chi connectivity index (χ0v) is 15.4. The lowest BCUT2D eigenvalue weighted by Gasteiger charge is -2.22. The van der Waals surface area contributed by atoms with Crippen molar-refractivity contribution in [1.82, 2.24) is 10.3 Å². The largest absolute Gasteiger partial charge is 0.496 e. The SMILES string of the molecule is COc1ccc(C)cc1-c1csc(NC(=O)C2CC23CCNCC3)n1. The van der Waals surface area contributed by atoms with Gasteiger partial charge in [-0.3, -0.25) is 4.79 Å². The molecule has 1 aromatic carbocycles. The van der Waals surface area contributed by atoms with Crippen LogP contribution in [0.5, 0.6) is 5.75 Å². The number of aromatic nitrogens is 1. The van der Waals surface area contributed by atoms with Gasteiger partial charge in [-0.05, 0) is 56.8 Å². The number of nitrogens with one attached hydrogen (secondary N) is 2. The van der Waals surface area contributed by atoms with Gasteiger partial charge >= 0.3 is 0 Å². The van der Waals surface area contributed by atoms with Gasteiger partial charge in [-0.1, -0.05) is 11.6 Å². The van der Waals surface area contributed by atoms with Crippen molar-refractivity contribution in [3.63, 3.8) is 0 Å².